The van der Waals surface area contributed by atoms with E-state index in [-0.39, 0.29) is 6.61 Å². The molecule has 0 saturated heterocycles. The molecule has 0 atom stereocenters. The van der Waals surface area contributed by atoms with Crippen LogP contribution in [0.4, 0.5) is 0 Å². The molecular weight excluding hydrogens is 314 g/mol. The van der Waals surface area contributed by atoms with Crippen LogP contribution in [0.1, 0.15) is 11.4 Å². The van der Waals surface area contributed by atoms with E-state index in [4.69, 9.17) is 10.5 Å². The maximum Gasteiger partial charge on any atom is 0.211 e. The van der Waals surface area contributed by atoms with Gasteiger partial charge in [-0.05, 0) is 34.0 Å². The van der Waals surface area contributed by atoms with Gasteiger partial charge in [-0.15, -0.1) is 10.2 Å². The summed E-state index contributed by atoms with van der Waals surface area (Å²) in [6.45, 7) is 0.773. The molecule has 0 aliphatic heterocycles. The lowest BCUT2D eigenvalue weighted by Gasteiger charge is -2.14. The van der Waals surface area contributed by atoms with Crippen LogP contribution >= 0.6 is 0 Å². The van der Waals surface area contributed by atoms with Crippen molar-refractivity contribution in [1.29, 1.82) is 0 Å². The second kappa shape index (κ2) is 6.70. The van der Waals surface area contributed by atoms with Crippen LogP contribution in [0.3, 0.4) is 0 Å². The summed E-state index contributed by atoms with van der Waals surface area (Å²) in [5.74, 6) is 1.29. The summed E-state index contributed by atoms with van der Waals surface area (Å²) in [5, 5.41) is 16.1. The Morgan fingerprint density at radius 1 is 1.00 bits per heavy atom. The average Bonchev–Trinajstić information content (AvgIpc) is 3.19. The van der Waals surface area contributed by atoms with E-state index < -0.39 is 0 Å². The molecule has 6 nitrogen and oxygen atoms in total. The highest BCUT2D eigenvalue weighted by Crippen LogP contribution is 2.37. The summed E-state index contributed by atoms with van der Waals surface area (Å²) in [4.78, 5) is 0. The molecule has 0 amide bonds. The summed E-state index contributed by atoms with van der Waals surface area (Å²) in [6, 6.07) is 20.5. The van der Waals surface area contributed by atoms with Crippen LogP contribution in [0.2, 0.25) is 0 Å². The lowest BCUT2D eigenvalue weighted by Crippen LogP contribution is -2.00. The Morgan fingerprint density at radius 2 is 1.88 bits per heavy atom. The van der Waals surface area contributed by atoms with Gasteiger partial charge >= 0.3 is 0 Å². The van der Waals surface area contributed by atoms with E-state index in [1.54, 1.807) is 0 Å². The summed E-state index contributed by atoms with van der Waals surface area (Å²) in [7, 11) is 0. The number of aromatic amines is 1. The van der Waals surface area contributed by atoms with E-state index in [1.165, 1.54) is 0 Å². The Bertz CT molecular complexity index is 984. The maximum atomic E-state index is 5.99. The molecule has 1 heterocycles. The van der Waals surface area contributed by atoms with Gasteiger partial charge < -0.3 is 10.5 Å². The molecule has 0 unspecified atom stereocenters. The smallest absolute Gasteiger partial charge is 0.211 e. The van der Waals surface area contributed by atoms with Gasteiger partial charge in [-0.2, -0.15) is 5.21 Å². The first-order valence-corrected chi connectivity index (χ1v) is 8.01. The van der Waals surface area contributed by atoms with Gasteiger partial charge in [-0.3, -0.25) is 0 Å². The predicted octanol–water partition coefficient (Wildman–Crippen LogP) is 3.06. The largest absolute Gasteiger partial charge is 0.485 e. The van der Waals surface area contributed by atoms with E-state index in [0.717, 1.165) is 33.2 Å². The lowest BCUT2D eigenvalue weighted by atomic mass is 9.96. The molecule has 0 aliphatic carbocycles. The first-order valence-electron chi connectivity index (χ1n) is 8.01. The van der Waals surface area contributed by atoms with Crippen molar-refractivity contribution in [2.45, 2.75) is 13.2 Å². The van der Waals surface area contributed by atoms with Crippen LogP contribution in [-0.2, 0) is 13.2 Å². The Balaban J connectivity index is 1.83. The number of benzene rings is 3. The van der Waals surface area contributed by atoms with Crippen molar-refractivity contribution < 1.29 is 4.74 Å². The monoisotopic (exact) mass is 331 g/mol. The predicted molar refractivity (Wildman–Crippen MR) is 95.8 cm³/mol. The van der Waals surface area contributed by atoms with E-state index in [0.29, 0.717) is 12.4 Å². The van der Waals surface area contributed by atoms with Crippen LogP contribution in [-0.4, -0.2) is 20.6 Å². The molecule has 1 aromatic heterocycles. The summed E-state index contributed by atoms with van der Waals surface area (Å²) in [5.41, 5.74) is 9.02. The molecule has 3 N–H and O–H groups in total. The van der Waals surface area contributed by atoms with Crippen molar-refractivity contribution in [3.63, 3.8) is 0 Å². The number of aromatic nitrogens is 4. The van der Waals surface area contributed by atoms with Crippen molar-refractivity contribution in [2.24, 2.45) is 5.73 Å². The topological polar surface area (TPSA) is 89.7 Å². The zero-order valence-electron chi connectivity index (χ0n) is 13.5. The van der Waals surface area contributed by atoms with E-state index in [9.17, 15) is 0 Å². The molecule has 0 spiro atoms. The molecule has 6 heteroatoms. The van der Waals surface area contributed by atoms with Crippen molar-refractivity contribution in [3.05, 3.63) is 72.1 Å². The highest BCUT2D eigenvalue weighted by molar-refractivity contribution is 6.00. The SMILES string of the molecule is NCc1ccc2c(-c3ccccc3)c(OCc3nn[nH]n3)ccc2c1. The first-order chi connectivity index (χ1) is 12.3. The third-order valence-corrected chi connectivity index (χ3v) is 4.09. The van der Waals surface area contributed by atoms with Crippen molar-refractivity contribution in [3.8, 4) is 16.9 Å². The number of hydrogen-bond donors (Lipinski definition) is 2. The number of nitrogens with zero attached hydrogens (tertiary/aromatic N) is 3. The Hall–Kier alpha value is -3.25. The Morgan fingerprint density at radius 3 is 2.64 bits per heavy atom. The maximum absolute atomic E-state index is 5.99. The van der Waals surface area contributed by atoms with E-state index in [1.807, 2.05) is 30.3 Å². The van der Waals surface area contributed by atoms with Gasteiger partial charge in [-0.1, -0.05) is 53.7 Å². The molecule has 4 aromatic rings. The highest BCUT2D eigenvalue weighted by Gasteiger charge is 2.12. The number of hydrogen-bond acceptors (Lipinski definition) is 5. The Kier molecular flexibility index (Phi) is 4.10. The number of nitrogens with one attached hydrogen (secondary N) is 1. The third-order valence-electron chi connectivity index (χ3n) is 4.09. The van der Waals surface area contributed by atoms with Gasteiger partial charge in [-0.25, -0.2) is 0 Å². The first kappa shape index (κ1) is 15.3. The van der Waals surface area contributed by atoms with Gasteiger partial charge in [0, 0.05) is 12.1 Å². The molecule has 0 radical (unpaired) electrons. The van der Waals surface area contributed by atoms with Gasteiger partial charge in [0.25, 0.3) is 0 Å². The molecular formula is C19H17N5O. The number of nitrogens with two attached hydrogens (primary N) is 1. The van der Waals surface area contributed by atoms with Gasteiger partial charge in [0.15, 0.2) is 6.61 Å². The van der Waals surface area contributed by atoms with Crippen LogP contribution in [0.5, 0.6) is 5.75 Å². The van der Waals surface area contributed by atoms with Crippen LogP contribution in [0.15, 0.2) is 60.7 Å². The second-order valence-corrected chi connectivity index (χ2v) is 5.68. The second-order valence-electron chi connectivity index (χ2n) is 5.68. The lowest BCUT2D eigenvalue weighted by molar-refractivity contribution is 0.297. The van der Waals surface area contributed by atoms with Crippen LogP contribution < -0.4 is 10.5 Å². The minimum absolute atomic E-state index is 0.253. The van der Waals surface area contributed by atoms with Crippen molar-refractivity contribution >= 4 is 10.8 Å². The quantitative estimate of drug-likeness (QED) is 0.586. The van der Waals surface area contributed by atoms with Crippen molar-refractivity contribution in [2.75, 3.05) is 0 Å². The third kappa shape index (κ3) is 3.07. The molecule has 0 fully saturated rings. The fourth-order valence-electron chi connectivity index (χ4n) is 2.90. The molecule has 3 aromatic carbocycles. The normalized spacial score (nSPS) is 10.9. The molecule has 0 bridgehead atoms. The highest BCUT2D eigenvalue weighted by atomic mass is 16.5. The molecule has 0 aliphatic rings. The molecule has 124 valence electrons. The van der Waals surface area contributed by atoms with Gasteiger partial charge in [0.2, 0.25) is 5.82 Å². The fraction of sp³-hybridized carbons (Fsp3) is 0.105. The Labute approximate surface area is 144 Å². The molecule has 0 saturated carbocycles. The average molecular weight is 331 g/mol. The number of ether oxygens (including phenoxy) is 1. The number of rotatable bonds is 5. The van der Waals surface area contributed by atoms with E-state index in [2.05, 4.69) is 51.0 Å². The van der Waals surface area contributed by atoms with Crippen LogP contribution in [0, 0.1) is 0 Å². The minimum Gasteiger partial charge on any atom is -0.485 e. The summed E-state index contributed by atoms with van der Waals surface area (Å²) < 4.78 is 5.99. The molecule has 25 heavy (non-hydrogen) atoms. The zero-order chi connectivity index (χ0) is 17.1. The van der Waals surface area contributed by atoms with E-state index >= 15 is 0 Å². The van der Waals surface area contributed by atoms with Gasteiger partial charge in [0.1, 0.15) is 5.75 Å². The van der Waals surface area contributed by atoms with Crippen LogP contribution in [0.25, 0.3) is 21.9 Å². The minimum atomic E-state index is 0.253. The zero-order valence-corrected chi connectivity index (χ0v) is 13.5. The fourth-order valence-corrected chi connectivity index (χ4v) is 2.90. The summed E-state index contributed by atoms with van der Waals surface area (Å²) in [6.07, 6.45) is 0. The standard InChI is InChI=1S/C19H17N5O/c20-11-13-6-8-16-15(10-13)7-9-17(25-12-18-21-23-24-22-18)19(16)14-4-2-1-3-5-14/h1-10H,11-12,20H2,(H,21,22,23,24). The van der Waals surface area contributed by atoms with Crippen molar-refractivity contribution in [1.82, 2.24) is 20.6 Å². The number of H-pyrrole nitrogens is 1. The summed E-state index contributed by atoms with van der Waals surface area (Å²) >= 11 is 0. The van der Waals surface area contributed by atoms with Gasteiger partial charge in [0.05, 0.1) is 0 Å². The number of tetrazole rings is 1. The molecule has 4 rings (SSSR count). The number of fused-ring (bicyclic) bond motifs is 1.